The summed E-state index contributed by atoms with van der Waals surface area (Å²) in [7, 11) is 0. The lowest BCUT2D eigenvalue weighted by atomic mass is 10.1. The van der Waals surface area contributed by atoms with Gasteiger partial charge in [-0.2, -0.15) is 0 Å². The van der Waals surface area contributed by atoms with Gasteiger partial charge in [-0.1, -0.05) is 25.5 Å². The van der Waals surface area contributed by atoms with Gasteiger partial charge in [-0.3, -0.25) is 9.59 Å². The van der Waals surface area contributed by atoms with Gasteiger partial charge in [0.15, 0.2) is 0 Å². The number of carbonyl (C=O) groups excluding carboxylic acids is 2. The molecule has 1 unspecified atom stereocenters. The van der Waals surface area contributed by atoms with Gasteiger partial charge in [-0.05, 0) is 44.4 Å². The fraction of sp³-hybridized carbons (Fsp3) is 0.579. The molecule has 2 rings (SSSR count). The quantitative estimate of drug-likeness (QED) is 0.808. The lowest BCUT2D eigenvalue weighted by molar-refractivity contribution is -0.135. The lowest BCUT2D eigenvalue weighted by Crippen LogP contribution is -2.38. The van der Waals surface area contributed by atoms with Crippen LogP contribution in [0, 0.1) is 19.8 Å². The first kappa shape index (κ1) is 17.5. The third kappa shape index (κ3) is 3.92. The van der Waals surface area contributed by atoms with Crippen LogP contribution >= 0.6 is 0 Å². The van der Waals surface area contributed by atoms with Gasteiger partial charge in [0.25, 0.3) is 0 Å². The predicted octanol–water partition coefficient (Wildman–Crippen LogP) is 3.30. The maximum absolute atomic E-state index is 12.7. The van der Waals surface area contributed by atoms with Crippen LogP contribution in [0.5, 0.6) is 0 Å². The largest absolute Gasteiger partial charge is 0.343 e. The number of unbranched alkanes of at least 4 members (excludes halogenated alkanes) is 1. The molecule has 0 spiro atoms. The maximum atomic E-state index is 12.7. The van der Waals surface area contributed by atoms with Crippen molar-refractivity contribution in [2.75, 3.05) is 24.5 Å². The Morgan fingerprint density at radius 3 is 2.70 bits per heavy atom. The molecule has 23 heavy (non-hydrogen) atoms. The van der Waals surface area contributed by atoms with Gasteiger partial charge >= 0.3 is 0 Å². The maximum Gasteiger partial charge on any atom is 0.228 e. The van der Waals surface area contributed by atoms with Gasteiger partial charge in [0.05, 0.1) is 5.92 Å². The number of aryl methyl sites for hydroxylation is 2. The number of hydrogen-bond acceptors (Lipinski definition) is 2. The van der Waals surface area contributed by atoms with E-state index >= 15 is 0 Å². The Bertz CT molecular complexity index is 583. The van der Waals surface area contributed by atoms with E-state index in [4.69, 9.17) is 0 Å². The SMILES string of the molecule is CCCCN(CC)C(=O)C1CC(=O)N(c2cc(C)ccc2C)C1. The van der Waals surface area contributed by atoms with Crippen molar-refractivity contribution in [2.24, 2.45) is 5.92 Å². The first-order valence-electron chi connectivity index (χ1n) is 8.64. The Kier molecular flexibility index (Phi) is 5.80. The molecule has 0 radical (unpaired) electrons. The Balaban J connectivity index is 2.12. The molecule has 1 aliphatic heterocycles. The Morgan fingerprint density at radius 2 is 2.04 bits per heavy atom. The Morgan fingerprint density at radius 1 is 1.30 bits per heavy atom. The van der Waals surface area contributed by atoms with Crippen LogP contribution in [0.4, 0.5) is 5.69 Å². The summed E-state index contributed by atoms with van der Waals surface area (Å²) >= 11 is 0. The van der Waals surface area contributed by atoms with Gasteiger partial charge in [-0.25, -0.2) is 0 Å². The Labute approximate surface area is 139 Å². The minimum Gasteiger partial charge on any atom is -0.343 e. The average molecular weight is 316 g/mol. The molecule has 126 valence electrons. The first-order valence-corrected chi connectivity index (χ1v) is 8.64. The van der Waals surface area contributed by atoms with Crippen molar-refractivity contribution in [1.29, 1.82) is 0 Å². The standard InChI is InChI=1S/C19H28N2O2/c1-5-7-10-20(6-2)19(23)16-12-18(22)21(13-16)17-11-14(3)8-9-15(17)4/h8-9,11,16H,5-7,10,12-13H2,1-4H3. The topological polar surface area (TPSA) is 40.6 Å². The molecule has 0 N–H and O–H groups in total. The van der Waals surface area contributed by atoms with Gasteiger partial charge in [0, 0.05) is 31.7 Å². The van der Waals surface area contributed by atoms with Crippen LogP contribution in [0.1, 0.15) is 44.2 Å². The molecule has 1 aromatic carbocycles. The second-order valence-corrected chi connectivity index (χ2v) is 6.47. The van der Waals surface area contributed by atoms with Crippen molar-refractivity contribution in [1.82, 2.24) is 4.90 Å². The number of benzene rings is 1. The van der Waals surface area contributed by atoms with E-state index in [1.807, 2.05) is 43.9 Å². The smallest absolute Gasteiger partial charge is 0.228 e. The van der Waals surface area contributed by atoms with Crippen LogP contribution in [0.3, 0.4) is 0 Å². The number of rotatable bonds is 6. The molecule has 1 heterocycles. The van der Waals surface area contributed by atoms with Crippen molar-refractivity contribution in [3.05, 3.63) is 29.3 Å². The fourth-order valence-corrected chi connectivity index (χ4v) is 3.15. The van der Waals surface area contributed by atoms with Crippen molar-refractivity contribution >= 4 is 17.5 Å². The monoisotopic (exact) mass is 316 g/mol. The second kappa shape index (κ2) is 7.62. The molecule has 0 saturated carbocycles. The lowest BCUT2D eigenvalue weighted by Gasteiger charge is -2.24. The van der Waals surface area contributed by atoms with E-state index in [0.29, 0.717) is 19.5 Å². The summed E-state index contributed by atoms with van der Waals surface area (Å²) < 4.78 is 0. The van der Waals surface area contributed by atoms with Crippen molar-refractivity contribution in [2.45, 2.75) is 47.0 Å². The highest BCUT2D eigenvalue weighted by molar-refractivity contribution is 6.00. The van der Waals surface area contributed by atoms with E-state index in [-0.39, 0.29) is 17.7 Å². The van der Waals surface area contributed by atoms with Gasteiger partial charge < -0.3 is 9.80 Å². The van der Waals surface area contributed by atoms with E-state index in [2.05, 4.69) is 6.92 Å². The summed E-state index contributed by atoms with van der Waals surface area (Å²) in [6.45, 7) is 10.2. The molecular weight excluding hydrogens is 288 g/mol. The van der Waals surface area contributed by atoms with E-state index < -0.39 is 0 Å². The highest BCUT2D eigenvalue weighted by Crippen LogP contribution is 2.29. The summed E-state index contributed by atoms with van der Waals surface area (Å²) in [6, 6.07) is 6.12. The first-order chi connectivity index (χ1) is 11.0. The van der Waals surface area contributed by atoms with Crippen molar-refractivity contribution in [3.8, 4) is 0 Å². The summed E-state index contributed by atoms with van der Waals surface area (Å²) in [4.78, 5) is 28.8. The highest BCUT2D eigenvalue weighted by Gasteiger charge is 2.37. The zero-order valence-corrected chi connectivity index (χ0v) is 14.8. The highest BCUT2D eigenvalue weighted by atomic mass is 16.2. The van der Waals surface area contributed by atoms with Gasteiger partial charge in [0.2, 0.25) is 11.8 Å². The normalized spacial score (nSPS) is 17.7. The minimum atomic E-state index is -0.209. The van der Waals surface area contributed by atoms with Gasteiger partial charge in [-0.15, -0.1) is 0 Å². The van der Waals surface area contributed by atoms with Crippen LogP contribution in [0.25, 0.3) is 0 Å². The number of amides is 2. The van der Waals surface area contributed by atoms with E-state index in [1.165, 1.54) is 0 Å². The fourth-order valence-electron chi connectivity index (χ4n) is 3.15. The molecule has 0 aliphatic carbocycles. The van der Waals surface area contributed by atoms with Crippen LogP contribution < -0.4 is 4.90 Å². The molecule has 1 fully saturated rings. The van der Waals surface area contributed by atoms with Crippen LogP contribution in [-0.4, -0.2) is 36.3 Å². The van der Waals surface area contributed by atoms with Gasteiger partial charge in [0.1, 0.15) is 0 Å². The molecule has 0 aromatic heterocycles. The molecular formula is C19H28N2O2. The predicted molar refractivity (Wildman–Crippen MR) is 93.5 cm³/mol. The van der Waals surface area contributed by atoms with E-state index in [9.17, 15) is 9.59 Å². The molecule has 1 saturated heterocycles. The summed E-state index contributed by atoms with van der Waals surface area (Å²) in [5.74, 6) is -0.0232. The second-order valence-electron chi connectivity index (χ2n) is 6.47. The number of anilines is 1. The molecule has 0 bridgehead atoms. The van der Waals surface area contributed by atoms with Crippen LogP contribution in [0.15, 0.2) is 18.2 Å². The van der Waals surface area contributed by atoms with Crippen molar-refractivity contribution < 1.29 is 9.59 Å². The molecule has 4 heteroatoms. The third-order valence-electron chi connectivity index (χ3n) is 4.60. The molecule has 1 aromatic rings. The summed E-state index contributed by atoms with van der Waals surface area (Å²) in [5.41, 5.74) is 3.16. The average Bonchev–Trinajstić information content (AvgIpc) is 2.92. The minimum absolute atomic E-state index is 0.0589. The molecule has 4 nitrogen and oxygen atoms in total. The number of carbonyl (C=O) groups is 2. The van der Waals surface area contributed by atoms with E-state index in [0.717, 1.165) is 36.2 Å². The van der Waals surface area contributed by atoms with Crippen LogP contribution in [-0.2, 0) is 9.59 Å². The third-order valence-corrected chi connectivity index (χ3v) is 4.60. The summed E-state index contributed by atoms with van der Waals surface area (Å²) in [5, 5.41) is 0. The zero-order valence-electron chi connectivity index (χ0n) is 14.8. The van der Waals surface area contributed by atoms with E-state index in [1.54, 1.807) is 4.90 Å². The Hall–Kier alpha value is -1.84. The zero-order chi connectivity index (χ0) is 17.0. The van der Waals surface area contributed by atoms with Crippen LogP contribution in [0.2, 0.25) is 0 Å². The number of nitrogens with zero attached hydrogens (tertiary/aromatic N) is 2. The molecule has 1 atom stereocenters. The summed E-state index contributed by atoms with van der Waals surface area (Å²) in [6.07, 6.45) is 2.41. The molecule has 2 amide bonds. The van der Waals surface area contributed by atoms with Crippen molar-refractivity contribution in [3.63, 3.8) is 0 Å². The molecule has 1 aliphatic rings. The number of hydrogen-bond donors (Lipinski definition) is 0.